The third-order valence-corrected chi connectivity index (χ3v) is 3.10. The molecule has 0 aromatic heterocycles. The van der Waals surface area contributed by atoms with Crippen LogP contribution in [0.15, 0.2) is 18.2 Å². The Morgan fingerprint density at radius 1 is 1.38 bits per heavy atom. The molecule has 0 aliphatic heterocycles. The highest BCUT2D eigenvalue weighted by molar-refractivity contribution is 6.31. The summed E-state index contributed by atoms with van der Waals surface area (Å²) in [7, 11) is 0. The fourth-order valence-electron chi connectivity index (χ4n) is 1.78. The van der Waals surface area contributed by atoms with E-state index >= 15 is 0 Å². The summed E-state index contributed by atoms with van der Waals surface area (Å²) in [5.41, 5.74) is 0.885. The molecule has 2 N–H and O–H groups in total. The van der Waals surface area contributed by atoms with E-state index in [0.717, 1.165) is 5.56 Å². The largest absolute Gasteiger partial charge is 0.480 e. The quantitative estimate of drug-likeness (QED) is 0.895. The molecule has 21 heavy (non-hydrogen) atoms. The van der Waals surface area contributed by atoms with Crippen LogP contribution < -0.4 is 5.32 Å². The van der Waals surface area contributed by atoms with E-state index in [0.29, 0.717) is 10.6 Å². The summed E-state index contributed by atoms with van der Waals surface area (Å²) in [6.07, 6.45) is -0.667. The molecule has 1 atom stereocenters. The Bertz CT molecular complexity index is 517. The minimum atomic E-state index is -1.14. The summed E-state index contributed by atoms with van der Waals surface area (Å²) in [4.78, 5) is 23.0. The Morgan fingerprint density at radius 3 is 2.48 bits per heavy atom. The van der Waals surface area contributed by atoms with Gasteiger partial charge in [-0.1, -0.05) is 23.7 Å². The lowest BCUT2D eigenvalue weighted by Crippen LogP contribution is -2.44. The van der Waals surface area contributed by atoms with Gasteiger partial charge in [0.25, 0.3) is 0 Å². The smallest absolute Gasteiger partial charge is 0.408 e. The molecule has 0 saturated heterocycles. The van der Waals surface area contributed by atoms with E-state index in [1.807, 2.05) is 13.0 Å². The van der Waals surface area contributed by atoms with Crippen LogP contribution in [-0.4, -0.2) is 28.8 Å². The van der Waals surface area contributed by atoms with Crippen molar-refractivity contribution in [3.63, 3.8) is 0 Å². The molecule has 1 unspecified atom stereocenters. The summed E-state index contributed by atoms with van der Waals surface area (Å²) < 4.78 is 5.07. The molecule has 1 aromatic rings. The predicted octanol–water partition coefficient (Wildman–Crippen LogP) is 3.17. The molecule has 0 aliphatic carbocycles. The average molecular weight is 314 g/mol. The van der Waals surface area contributed by atoms with Crippen molar-refractivity contribution in [1.29, 1.82) is 0 Å². The maximum absolute atomic E-state index is 11.7. The highest BCUT2D eigenvalue weighted by Crippen LogP contribution is 2.21. The number of alkyl carbamates (subject to hydrolysis) is 1. The number of nitrogens with one attached hydrogen (secondary N) is 1. The maximum atomic E-state index is 11.7. The molecule has 0 saturated carbocycles. The number of hydrogen-bond donors (Lipinski definition) is 2. The maximum Gasteiger partial charge on any atom is 0.408 e. The van der Waals surface area contributed by atoms with Gasteiger partial charge in [-0.15, -0.1) is 0 Å². The molecule has 1 amide bonds. The van der Waals surface area contributed by atoms with Crippen molar-refractivity contribution in [3.8, 4) is 0 Å². The topological polar surface area (TPSA) is 75.6 Å². The first-order chi connectivity index (χ1) is 9.60. The van der Waals surface area contributed by atoms with Crippen molar-refractivity contribution in [3.05, 3.63) is 34.3 Å². The third kappa shape index (κ3) is 5.63. The number of carbonyl (C=O) groups is 2. The molecular weight excluding hydrogens is 294 g/mol. The summed E-state index contributed by atoms with van der Waals surface area (Å²) in [6, 6.07) is 4.22. The van der Waals surface area contributed by atoms with Crippen LogP contribution in [0.25, 0.3) is 0 Å². The monoisotopic (exact) mass is 313 g/mol. The summed E-state index contributed by atoms with van der Waals surface area (Å²) in [5, 5.41) is 12.1. The van der Waals surface area contributed by atoms with E-state index in [1.54, 1.807) is 32.9 Å². The van der Waals surface area contributed by atoms with Gasteiger partial charge in [-0.3, -0.25) is 0 Å². The standard InChI is InChI=1S/C15H20ClNO4/c1-9-6-5-7-11(16)10(9)8-12(13(18)19)17-14(20)21-15(2,3)4/h5-7,12H,8H2,1-4H3,(H,17,20)(H,18,19). The summed E-state index contributed by atoms with van der Waals surface area (Å²) in [5.74, 6) is -1.14. The number of carboxylic acids is 1. The number of carboxylic acid groups (broad SMARTS) is 1. The van der Waals surface area contributed by atoms with Gasteiger partial charge in [-0.2, -0.15) is 0 Å². The van der Waals surface area contributed by atoms with E-state index in [9.17, 15) is 14.7 Å². The minimum absolute atomic E-state index is 0.0973. The molecule has 1 aromatic carbocycles. The predicted molar refractivity (Wildman–Crippen MR) is 80.7 cm³/mol. The molecule has 0 spiro atoms. The van der Waals surface area contributed by atoms with Gasteiger partial charge < -0.3 is 15.2 Å². The van der Waals surface area contributed by atoms with Crippen LogP contribution in [0, 0.1) is 6.92 Å². The van der Waals surface area contributed by atoms with Crippen LogP contribution in [0.4, 0.5) is 4.79 Å². The molecule has 0 bridgehead atoms. The van der Waals surface area contributed by atoms with Crippen molar-refractivity contribution >= 4 is 23.7 Å². The Balaban J connectivity index is 2.84. The van der Waals surface area contributed by atoms with Gasteiger partial charge in [0.05, 0.1) is 0 Å². The van der Waals surface area contributed by atoms with Gasteiger partial charge in [-0.25, -0.2) is 9.59 Å². The van der Waals surface area contributed by atoms with Crippen LogP contribution in [-0.2, 0) is 16.0 Å². The fraction of sp³-hybridized carbons (Fsp3) is 0.467. The second-order valence-corrected chi connectivity index (χ2v) is 6.18. The zero-order chi connectivity index (χ0) is 16.2. The number of ether oxygens (including phenoxy) is 1. The zero-order valence-corrected chi connectivity index (χ0v) is 13.3. The number of halogens is 1. The number of amides is 1. The van der Waals surface area contributed by atoms with Crippen LogP contribution in [0.5, 0.6) is 0 Å². The second kappa shape index (κ2) is 6.80. The van der Waals surface area contributed by atoms with E-state index in [1.165, 1.54) is 0 Å². The molecule has 116 valence electrons. The number of aryl methyl sites for hydroxylation is 1. The fourth-order valence-corrected chi connectivity index (χ4v) is 2.08. The number of aliphatic carboxylic acids is 1. The number of rotatable bonds is 4. The number of carbonyl (C=O) groups excluding carboxylic acids is 1. The second-order valence-electron chi connectivity index (χ2n) is 5.78. The first-order valence-electron chi connectivity index (χ1n) is 6.56. The molecular formula is C15H20ClNO4. The molecule has 0 aliphatic rings. The first-order valence-corrected chi connectivity index (χ1v) is 6.94. The van der Waals surface area contributed by atoms with Gasteiger partial charge in [0, 0.05) is 11.4 Å². The van der Waals surface area contributed by atoms with Crippen molar-refractivity contribution in [1.82, 2.24) is 5.32 Å². The third-order valence-electron chi connectivity index (χ3n) is 2.75. The van der Waals surface area contributed by atoms with Crippen LogP contribution >= 0.6 is 11.6 Å². The zero-order valence-electron chi connectivity index (χ0n) is 12.6. The Hall–Kier alpha value is -1.75. The van der Waals surface area contributed by atoms with Gasteiger partial charge in [0.2, 0.25) is 0 Å². The van der Waals surface area contributed by atoms with E-state index in [-0.39, 0.29) is 6.42 Å². The lowest BCUT2D eigenvalue weighted by molar-refractivity contribution is -0.139. The van der Waals surface area contributed by atoms with Gasteiger partial charge >= 0.3 is 12.1 Å². The van der Waals surface area contributed by atoms with Crippen molar-refractivity contribution < 1.29 is 19.4 Å². The van der Waals surface area contributed by atoms with Crippen molar-refractivity contribution in [2.24, 2.45) is 0 Å². The number of hydrogen-bond acceptors (Lipinski definition) is 3. The van der Waals surface area contributed by atoms with Gasteiger partial charge in [-0.05, 0) is 44.9 Å². The van der Waals surface area contributed by atoms with Gasteiger partial charge in [0.15, 0.2) is 0 Å². The lowest BCUT2D eigenvalue weighted by Gasteiger charge is -2.22. The molecule has 0 heterocycles. The van der Waals surface area contributed by atoms with Crippen molar-refractivity contribution in [2.75, 3.05) is 0 Å². The Labute approximate surface area is 129 Å². The molecule has 1 rings (SSSR count). The SMILES string of the molecule is Cc1cccc(Cl)c1CC(NC(=O)OC(C)(C)C)C(=O)O. The Morgan fingerprint density at radius 2 is 2.00 bits per heavy atom. The minimum Gasteiger partial charge on any atom is -0.480 e. The van der Waals surface area contributed by atoms with Gasteiger partial charge in [0.1, 0.15) is 11.6 Å². The molecule has 0 fully saturated rings. The van der Waals surface area contributed by atoms with E-state index < -0.39 is 23.7 Å². The van der Waals surface area contributed by atoms with Crippen LogP contribution in [0.3, 0.4) is 0 Å². The first kappa shape index (κ1) is 17.3. The highest BCUT2D eigenvalue weighted by Gasteiger charge is 2.25. The normalized spacial score (nSPS) is 12.6. The van der Waals surface area contributed by atoms with Crippen LogP contribution in [0.1, 0.15) is 31.9 Å². The van der Waals surface area contributed by atoms with E-state index in [2.05, 4.69) is 5.32 Å². The Kier molecular flexibility index (Phi) is 5.61. The molecule has 6 heteroatoms. The molecule has 0 radical (unpaired) electrons. The molecule has 5 nitrogen and oxygen atoms in total. The number of benzene rings is 1. The highest BCUT2D eigenvalue weighted by atomic mass is 35.5. The van der Waals surface area contributed by atoms with Crippen LogP contribution in [0.2, 0.25) is 5.02 Å². The van der Waals surface area contributed by atoms with E-state index in [4.69, 9.17) is 16.3 Å². The summed E-state index contributed by atoms with van der Waals surface area (Å²) in [6.45, 7) is 6.97. The average Bonchev–Trinajstić information content (AvgIpc) is 2.29. The van der Waals surface area contributed by atoms with Crippen molar-refractivity contribution in [2.45, 2.75) is 45.8 Å². The lowest BCUT2D eigenvalue weighted by atomic mass is 10.0. The summed E-state index contributed by atoms with van der Waals surface area (Å²) >= 11 is 6.08.